The molecule has 2 N–H and O–H groups in total. The Morgan fingerprint density at radius 3 is 2.76 bits per heavy atom. The lowest BCUT2D eigenvalue weighted by Crippen LogP contribution is -2.47. The van der Waals surface area contributed by atoms with Crippen molar-refractivity contribution in [3.05, 3.63) is 29.3 Å². The molecular formula is C18H26N2O4S. The molecule has 1 fully saturated rings. The number of carbonyl (C=O) groups excluding carboxylic acids is 1. The van der Waals surface area contributed by atoms with Crippen LogP contribution in [0.15, 0.2) is 18.2 Å². The van der Waals surface area contributed by atoms with Crippen molar-refractivity contribution in [2.75, 3.05) is 18.0 Å². The third-order valence-electron chi connectivity index (χ3n) is 5.35. The Balaban J connectivity index is 1.96. The van der Waals surface area contributed by atoms with Crippen molar-refractivity contribution in [3.63, 3.8) is 0 Å². The number of nitrogens with zero attached hydrogens (tertiary/aromatic N) is 1. The van der Waals surface area contributed by atoms with E-state index in [-0.39, 0.29) is 0 Å². The van der Waals surface area contributed by atoms with Crippen molar-refractivity contribution in [1.29, 1.82) is 0 Å². The summed E-state index contributed by atoms with van der Waals surface area (Å²) in [7, 11) is -2.30. The summed E-state index contributed by atoms with van der Waals surface area (Å²) in [6, 6.07) is 5.73. The predicted octanol–water partition coefficient (Wildman–Crippen LogP) is 1.96. The number of carbonyl (C=O) groups is 1. The van der Waals surface area contributed by atoms with Crippen LogP contribution in [0.3, 0.4) is 0 Å². The van der Waals surface area contributed by atoms with Gasteiger partial charge in [-0.1, -0.05) is 25.0 Å². The summed E-state index contributed by atoms with van der Waals surface area (Å²) in [5.74, 6) is -0.985. The minimum atomic E-state index is -3.62. The molecule has 138 valence electrons. The van der Waals surface area contributed by atoms with Gasteiger partial charge in [0.05, 0.1) is 24.0 Å². The van der Waals surface area contributed by atoms with Crippen molar-refractivity contribution in [2.45, 2.75) is 50.3 Å². The number of sulfonamides is 1. The Morgan fingerprint density at radius 1 is 1.28 bits per heavy atom. The van der Waals surface area contributed by atoms with Gasteiger partial charge in [0.1, 0.15) is 0 Å². The highest BCUT2D eigenvalue weighted by Gasteiger charge is 2.44. The molecule has 0 saturated heterocycles. The maximum Gasteiger partial charge on any atom is 0.310 e. The number of fused-ring (bicyclic) bond motifs is 1. The number of benzene rings is 1. The van der Waals surface area contributed by atoms with Gasteiger partial charge < -0.3 is 10.5 Å². The van der Waals surface area contributed by atoms with E-state index in [1.54, 1.807) is 0 Å². The number of hydrogen-bond donors (Lipinski definition) is 1. The van der Waals surface area contributed by atoms with Gasteiger partial charge in [0, 0.05) is 13.1 Å². The monoisotopic (exact) mass is 366 g/mol. The lowest BCUT2D eigenvalue weighted by atomic mass is 9.89. The van der Waals surface area contributed by atoms with Gasteiger partial charge in [-0.25, -0.2) is 8.42 Å². The number of nitrogens with two attached hydrogens (primary N) is 1. The number of hydrogen-bond acceptors (Lipinski definition) is 5. The van der Waals surface area contributed by atoms with Gasteiger partial charge in [-0.05, 0) is 42.9 Å². The molecule has 3 rings (SSSR count). The fourth-order valence-corrected chi connectivity index (χ4v) is 6.33. The Kier molecular flexibility index (Phi) is 5.34. The fourth-order valence-electron chi connectivity index (χ4n) is 4.05. The smallest absolute Gasteiger partial charge is 0.310 e. The van der Waals surface area contributed by atoms with Gasteiger partial charge in [0.25, 0.3) is 0 Å². The Morgan fingerprint density at radius 2 is 2.04 bits per heavy atom. The van der Waals surface area contributed by atoms with Gasteiger partial charge in [0.15, 0.2) is 0 Å². The van der Waals surface area contributed by atoms with Crippen molar-refractivity contribution < 1.29 is 17.9 Å². The number of esters is 1. The average molecular weight is 366 g/mol. The third-order valence-corrected chi connectivity index (χ3v) is 7.67. The first-order chi connectivity index (χ1) is 12.0. The molecular weight excluding hydrogens is 340 g/mol. The van der Waals surface area contributed by atoms with E-state index >= 15 is 0 Å². The quantitative estimate of drug-likeness (QED) is 0.823. The van der Waals surface area contributed by atoms with Crippen LogP contribution in [0.4, 0.5) is 5.69 Å². The molecule has 1 heterocycles. The molecule has 7 heteroatoms. The lowest BCUT2D eigenvalue weighted by molar-refractivity contribution is -0.146. The number of ether oxygens (including phenoxy) is 1. The molecule has 0 spiro atoms. The zero-order chi connectivity index (χ0) is 18.0. The summed E-state index contributed by atoms with van der Waals surface area (Å²) >= 11 is 0. The van der Waals surface area contributed by atoms with E-state index in [1.165, 1.54) is 11.4 Å². The van der Waals surface area contributed by atoms with Crippen LogP contribution in [0.5, 0.6) is 0 Å². The van der Waals surface area contributed by atoms with Crippen LogP contribution >= 0.6 is 0 Å². The second kappa shape index (κ2) is 7.33. The normalized spacial score (nSPS) is 23.8. The van der Waals surface area contributed by atoms with Crippen LogP contribution in [0, 0.1) is 5.92 Å². The van der Waals surface area contributed by atoms with E-state index in [2.05, 4.69) is 0 Å². The van der Waals surface area contributed by atoms with Crippen LogP contribution in [-0.2, 0) is 32.5 Å². The molecule has 1 aromatic rings. The van der Waals surface area contributed by atoms with E-state index in [1.807, 2.05) is 18.2 Å². The minimum Gasteiger partial charge on any atom is -0.469 e. The molecule has 2 aliphatic rings. The average Bonchev–Trinajstić information content (AvgIpc) is 2.66. The largest absolute Gasteiger partial charge is 0.469 e. The maximum absolute atomic E-state index is 13.4. The third kappa shape index (κ3) is 3.40. The second-order valence-corrected chi connectivity index (χ2v) is 8.92. The molecule has 1 aliphatic heterocycles. The van der Waals surface area contributed by atoms with Crippen LogP contribution in [0.1, 0.15) is 43.2 Å². The van der Waals surface area contributed by atoms with E-state index in [0.717, 1.165) is 42.5 Å². The van der Waals surface area contributed by atoms with E-state index in [9.17, 15) is 13.2 Å². The summed E-state index contributed by atoms with van der Waals surface area (Å²) in [6.07, 6.45) is 4.39. The Labute approximate surface area is 149 Å². The summed E-state index contributed by atoms with van der Waals surface area (Å²) in [5.41, 5.74) is 8.46. The van der Waals surface area contributed by atoms with Gasteiger partial charge >= 0.3 is 5.97 Å². The highest BCUT2D eigenvalue weighted by Crippen LogP contribution is 2.37. The predicted molar refractivity (Wildman–Crippen MR) is 96.7 cm³/mol. The zero-order valence-electron chi connectivity index (χ0n) is 14.6. The van der Waals surface area contributed by atoms with Crippen LogP contribution in [0.25, 0.3) is 0 Å². The first kappa shape index (κ1) is 18.2. The number of methoxy groups -OCH3 is 1. The van der Waals surface area contributed by atoms with E-state index in [0.29, 0.717) is 25.9 Å². The van der Waals surface area contributed by atoms with Gasteiger partial charge in [-0.2, -0.15) is 0 Å². The summed E-state index contributed by atoms with van der Waals surface area (Å²) < 4.78 is 33.1. The molecule has 25 heavy (non-hydrogen) atoms. The van der Waals surface area contributed by atoms with Crippen molar-refractivity contribution in [1.82, 2.24) is 0 Å². The van der Waals surface area contributed by atoms with Gasteiger partial charge in [0.2, 0.25) is 10.0 Å². The molecule has 0 bridgehead atoms. The van der Waals surface area contributed by atoms with Crippen LogP contribution < -0.4 is 10.0 Å². The summed E-state index contributed by atoms with van der Waals surface area (Å²) in [6.45, 7) is 0.898. The molecule has 6 nitrogen and oxygen atoms in total. The van der Waals surface area contributed by atoms with Gasteiger partial charge in [-0.3, -0.25) is 9.10 Å². The molecule has 1 saturated carbocycles. The number of anilines is 1. The Hall–Kier alpha value is -1.60. The SMILES string of the molecule is COC(=O)C1CCCCC1S(=O)(=O)N1CCCc2cc(CN)ccc21. The molecule has 1 aliphatic carbocycles. The molecule has 2 atom stereocenters. The topological polar surface area (TPSA) is 89.7 Å². The maximum atomic E-state index is 13.4. The summed E-state index contributed by atoms with van der Waals surface area (Å²) in [4.78, 5) is 12.1. The minimum absolute atomic E-state index is 0.413. The standard InChI is InChI=1S/C18H26N2O4S/c1-24-18(21)15-6-2-3-7-17(15)25(22,23)20-10-4-5-14-11-13(12-19)8-9-16(14)20/h8-9,11,15,17H,2-7,10,12,19H2,1H3. The Bertz CT molecular complexity index is 747. The molecule has 0 amide bonds. The van der Waals surface area contributed by atoms with Crippen molar-refractivity contribution >= 4 is 21.7 Å². The molecule has 2 unspecified atom stereocenters. The van der Waals surface area contributed by atoms with E-state index < -0.39 is 27.2 Å². The van der Waals surface area contributed by atoms with Gasteiger partial charge in [-0.15, -0.1) is 0 Å². The molecule has 0 radical (unpaired) electrons. The first-order valence-electron chi connectivity index (χ1n) is 8.90. The number of aryl methyl sites for hydroxylation is 1. The highest BCUT2D eigenvalue weighted by atomic mass is 32.2. The first-order valence-corrected chi connectivity index (χ1v) is 10.4. The van der Waals surface area contributed by atoms with Crippen LogP contribution in [0.2, 0.25) is 0 Å². The van der Waals surface area contributed by atoms with E-state index in [4.69, 9.17) is 10.5 Å². The van der Waals surface area contributed by atoms with Crippen LogP contribution in [-0.4, -0.2) is 33.3 Å². The molecule has 1 aromatic carbocycles. The lowest BCUT2D eigenvalue weighted by Gasteiger charge is -2.37. The van der Waals surface area contributed by atoms with Crippen molar-refractivity contribution in [3.8, 4) is 0 Å². The zero-order valence-corrected chi connectivity index (χ0v) is 15.4. The molecule has 0 aromatic heterocycles. The van der Waals surface area contributed by atoms with Crippen molar-refractivity contribution in [2.24, 2.45) is 11.7 Å². The second-order valence-electron chi connectivity index (χ2n) is 6.84. The fraction of sp³-hybridized carbons (Fsp3) is 0.611. The number of rotatable bonds is 4. The highest BCUT2D eigenvalue weighted by molar-refractivity contribution is 7.93. The summed E-state index contributed by atoms with van der Waals surface area (Å²) in [5, 5.41) is -0.700.